The van der Waals surface area contributed by atoms with E-state index in [-0.39, 0.29) is 17.6 Å². The fraction of sp³-hybridized carbons (Fsp3) is 0.611. The molecule has 0 unspecified atom stereocenters. The van der Waals surface area contributed by atoms with Crippen molar-refractivity contribution in [2.45, 2.75) is 32.4 Å². The van der Waals surface area contributed by atoms with Crippen molar-refractivity contribution in [3.8, 4) is 0 Å². The van der Waals surface area contributed by atoms with Gasteiger partial charge in [-0.3, -0.25) is 9.69 Å². The van der Waals surface area contributed by atoms with Crippen LogP contribution in [0.1, 0.15) is 25.3 Å². The van der Waals surface area contributed by atoms with Crippen LogP contribution in [-0.4, -0.2) is 55.5 Å². The van der Waals surface area contributed by atoms with E-state index in [2.05, 4.69) is 22.0 Å². The molecule has 0 saturated carbocycles. The summed E-state index contributed by atoms with van der Waals surface area (Å²) >= 11 is 0. The molecule has 1 amide bonds. The van der Waals surface area contributed by atoms with E-state index in [1.165, 1.54) is 6.07 Å². The number of carbonyl (C=O) groups is 1. The minimum atomic E-state index is -0.202. The van der Waals surface area contributed by atoms with Gasteiger partial charge in [0.25, 0.3) is 0 Å². The molecule has 0 bridgehead atoms. The number of hydrogen-bond donors (Lipinski definition) is 1. The quantitative estimate of drug-likeness (QED) is 0.872. The van der Waals surface area contributed by atoms with Gasteiger partial charge >= 0.3 is 0 Å². The molecule has 1 saturated heterocycles. The fourth-order valence-electron chi connectivity index (χ4n) is 2.88. The maximum Gasteiger partial charge on any atom is 0.224 e. The highest BCUT2D eigenvalue weighted by Gasteiger charge is 2.26. The topological polar surface area (TPSA) is 35.6 Å². The summed E-state index contributed by atoms with van der Waals surface area (Å²) < 4.78 is 13.3. The number of likely N-dealkylation sites (N-methyl/N-ethyl adjacent to an activating group) is 1. The molecule has 0 aromatic heterocycles. The maximum absolute atomic E-state index is 13.3. The average Bonchev–Trinajstić information content (AvgIpc) is 2.52. The molecule has 5 heteroatoms. The third-order valence-electron chi connectivity index (χ3n) is 4.62. The highest BCUT2D eigenvalue weighted by Crippen LogP contribution is 2.19. The first-order valence-electron chi connectivity index (χ1n) is 8.36. The molecule has 0 radical (unpaired) electrons. The summed E-state index contributed by atoms with van der Waals surface area (Å²) in [5.41, 5.74) is 0.965. The van der Waals surface area contributed by atoms with E-state index in [1.54, 1.807) is 12.1 Å². The SMILES string of the molecule is C[C@H](CNC(=O)[C@H]1CCCN(Cc2cccc(F)c2)C1)N(C)C. The van der Waals surface area contributed by atoms with Crippen molar-refractivity contribution in [1.29, 1.82) is 0 Å². The highest BCUT2D eigenvalue weighted by molar-refractivity contribution is 5.79. The van der Waals surface area contributed by atoms with Crippen LogP contribution in [0, 0.1) is 11.7 Å². The van der Waals surface area contributed by atoms with Crippen molar-refractivity contribution in [2.24, 2.45) is 5.92 Å². The lowest BCUT2D eigenvalue weighted by molar-refractivity contribution is -0.127. The van der Waals surface area contributed by atoms with Gasteiger partial charge in [0.05, 0.1) is 5.92 Å². The zero-order valence-electron chi connectivity index (χ0n) is 14.4. The molecule has 1 aromatic rings. The van der Waals surface area contributed by atoms with Gasteiger partial charge in [-0.1, -0.05) is 12.1 Å². The number of halogens is 1. The maximum atomic E-state index is 13.3. The van der Waals surface area contributed by atoms with Crippen LogP contribution < -0.4 is 5.32 Å². The standard InChI is InChI=1S/C18H28FN3O/c1-14(21(2)3)11-20-18(23)16-7-5-9-22(13-16)12-15-6-4-8-17(19)10-15/h4,6,8,10,14,16H,5,7,9,11-13H2,1-3H3,(H,20,23)/t14-,16+/m1/s1. The third-order valence-corrected chi connectivity index (χ3v) is 4.62. The van der Waals surface area contributed by atoms with Crippen molar-refractivity contribution in [3.05, 3.63) is 35.6 Å². The van der Waals surface area contributed by atoms with Crippen LogP contribution in [0.25, 0.3) is 0 Å². The summed E-state index contributed by atoms with van der Waals surface area (Å²) in [6, 6.07) is 7.03. The van der Waals surface area contributed by atoms with Gasteiger partial charge in [-0.05, 0) is 58.1 Å². The Labute approximate surface area is 138 Å². The zero-order chi connectivity index (χ0) is 16.8. The summed E-state index contributed by atoms with van der Waals surface area (Å²) in [6.45, 7) is 5.19. The van der Waals surface area contributed by atoms with Gasteiger partial charge in [-0.15, -0.1) is 0 Å². The molecule has 1 heterocycles. The number of rotatable bonds is 6. The van der Waals surface area contributed by atoms with Gasteiger partial charge in [0, 0.05) is 25.7 Å². The zero-order valence-corrected chi connectivity index (χ0v) is 14.4. The Bertz CT molecular complexity index is 521. The first kappa shape index (κ1) is 17.9. The Balaban J connectivity index is 1.84. The van der Waals surface area contributed by atoms with Crippen molar-refractivity contribution >= 4 is 5.91 Å². The molecule has 1 fully saturated rings. The van der Waals surface area contributed by atoms with Gasteiger partial charge in [0.15, 0.2) is 0 Å². The monoisotopic (exact) mass is 321 g/mol. The van der Waals surface area contributed by atoms with Crippen LogP contribution in [0.2, 0.25) is 0 Å². The number of hydrogen-bond acceptors (Lipinski definition) is 3. The molecule has 1 aliphatic heterocycles. The second kappa shape index (κ2) is 8.41. The molecular formula is C18H28FN3O. The number of likely N-dealkylation sites (tertiary alicyclic amines) is 1. The van der Waals surface area contributed by atoms with E-state index >= 15 is 0 Å². The molecular weight excluding hydrogens is 293 g/mol. The average molecular weight is 321 g/mol. The first-order chi connectivity index (χ1) is 11.0. The summed E-state index contributed by atoms with van der Waals surface area (Å²) in [7, 11) is 4.02. The van der Waals surface area contributed by atoms with Crippen molar-refractivity contribution in [3.63, 3.8) is 0 Å². The Hall–Kier alpha value is -1.46. The lowest BCUT2D eigenvalue weighted by Gasteiger charge is -2.32. The van der Waals surface area contributed by atoms with E-state index in [0.29, 0.717) is 19.1 Å². The molecule has 1 aliphatic rings. The van der Waals surface area contributed by atoms with Crippen LogP contribution in [0.15, 0.2) is 24.3 Å². The number of amides is 1. The number of benzene rings is 1. The second-order valence-corrected chi connectivity index (χ2v) is 6.76. The van der Waals surface area contributed by atoms with E-state index in [0.717, 1.165) is 31.5 Å². The van der Waals surface area contributed by atoms with Crippen LogP contribution in [0.5, 0.6) is 0 Å². The van der Waals surface area contributed by atoms with Gasteiger partial charge in [-0.25, -0.2) is 4.39 Å². The molecule has 4 nitrogen and oxygen atoms in total. The number of carbonyl (C=O) groups excluding carboxylic acids is 1. The molecule has 0 aliphatic carbocycles. The van der Waals surface area contributed by atoms with E-state index < -0.39 is 0 Å². The molecule has 23 heavy (non-hydrogen) atoms. The minimum absolute atomic E-state index is 0.0340. The van der Waals surface area contributed by atoms with Crippen molar-refractivity contribution in [1.82, 2.24) is 15.1 Å². The highest BCUT2D eigenvalue weighted by atomic mass is 19.1. The van der Waals surface area contributed by atoms with Crippen LogP contribution in [0.4, 0.5) is 4.39 Å². The first-order valence-corrected chi connectivity index (χ1v) is 8.36. The summed E-state index contributed by atoms with van der Waals surface area (Å²) in [5, 5.41) is 3.06. The minimum Gasteiger partial charge on any atom is -0.354 e. The smallest absolute Gasteiger partial charge is 0.224 e. The normalized spacial score (nSPS) is 20.5. The summed E-state index contributed by atoms with van der Waals surface area (Å²) in [4.78, 5) is 16.7. The Morgan fingerprint density at radius 2 is 2.26 bits per heavy atom. The fourth-order valence-corrected chi connectivity index (χ4v) is 2.88. The Morgan fingerprint density at radius 1 is 1.48 bits per heavy atom. The molecule has 0 spiro atoms. The van der Waals surface area contributed by atoms with E-state index in [4.69, 9.17) is 0 Å². The predicted molar refractivity (Wildman–Crippen MR) is 90.6 cm³/mol. The Kier molecular flexibility index (Phi) is 6.54. The third kappa shape index (κ3) is 5.59. The van der Waals surface area contributed by atoms with E-state index in [1.807, 2.05) is 20.2 Å². The molecule has 1 N–H and O–H groups in total. The van der Waals surface area contributed by atoms with Crippen LogP contribution >= 0.6 is 0 Å². The van der Waals surface area contributed by atoms with Gasteiger partial charge < -0.3 is 10.2 Å². The van der Waals surface area contributed by atoms with Gasteiger partial charge in [0.1, 0.15) is 5.82 Å². The largest absolute Gasteiger partial charge is 0.354 e. The predicted octanol–water partition coefficient (Wildman–Crippen LogP) is 2.10. The Morgan fingerprint density at radius 3 is 2.96 bits per heavy atom. The molecule has 2 atom stereocenters. The van der Waals surface area contributed by atoms with Crippen LogP contribution in [0.3, 0.4) is 0 Å². The summed E-state index contributed by atoms with van der Waals surface area (Å²) in [5.74, 6) is -0.0270. The van der Waals surface area contributed by atoms with Gasteiger partial charge in [0.2, 0.25) is 5.91 Å². The van der Waals surface area contributed by atoms with Crippen LogP contribution in [-0.2, 0) is 11.3 Å². The lowest BCUT2D eigenvalue weighted by atomic mass is 9.96. The van der Waals surface area contributed by atoms with E-state index in [9.17, 15) is 9.18 Å². The second-order valence-electron chi connectivity index (χ2n) is 6.76. The number of nitrogens with one attached hydrogen (secondary N) is 1. The number of nitrogens with zero attached hydrogens (tertiary/aromatic N) is 2. The van der Waals surface area contributed by atoms with Gasteiger partial charge in [-0.2, -0.15) is 0 Å². The lowest BCUT2D eigenvalue weighted by Crippen LogP contribution is -2.45. The molecule has 1 aromatic carbocycles. The molecule has 128 valence electrons. The van der Waals surface area contributed by atoms with Crippen molar-refractivity contribution in [2.75, 3.05) is 33.7 Å². The number of piperidine rings is 1. The van der Waals surface area contributed by atoms with Crippen molar-refractivity contribution < 1.29 is 9.18 Å². The summed E-state index contributed by atoms with van der Waals surface area (Å²) in [6.07, 6.45) is 1.94. The molecule has 2 rings (SSSR count).